The van der Waals surface area contributed by atoms with Crippen molar-refractivity contribution in [3.8, 4) is 0 Å². The molecule has 2 rings (SSSR count). The predicted octanol–water partition coefficient (Wildman–Crippen LogP) is 1.29. The zero-order chi connectivity index (χ0) is 16.7. The van der Waals surface area contributed by atoms with Crippen LogP contribution in [0.2, 0.25) is 0 Å². The molecule has 1 aliphatic heterocycles. The van der Waals surface area contributed by atoms with Gasteiger partial charge in [-0.05, 0) is 25.3 Å². The van der Waals surface area contributed by atoms with Crippen LogP contribution in [0.5, 0.6) is 0 Å². The highest BCUT2D eigenvalue weighted by Gasteiger charge is 2.26. The molecule has 1 aromatic rings. The summed E-state index contributed by atoms with van der Waals surface area (Å²) in [6.07, 6.45) is 6.01. The van der Waals surface area contributed by atoms with E-state index in [4.69, 9.17) is 10.5 Å². The fraction of sp³-hybridized carbons (Fsp3) is 0.812. The van der Waals surface area contributed by atoms with Gasteiger partial charge >= 0.3 is 0 Å². The Kier molecular flexibility index (Phi) is 6.98. The maximum Gasteiger partial charge on any atom is 0.276 e. The Morgan fingerprint density at radius 3 is 3.04 bits per heavy atom. The quantitative estimate of drug-likeness (QED) is 0.779. The van der Waals surface area contributed by atoms with Crippen LogP contribution in [0.15, 0.2) is 6.20 Å². The molecule has 1 aromatic heterocycles. The molecule has 1 atom stereocenters. The lowest BCUT2D eigenvalue weighted by Gasteiger charge is -2.32. The van der Waals surface area contributed by atoms with Gasteiger partial charge in [0.2, 0.25) is 0 Å². The maximum absolute atomic E-state index is 12.5. The minimum atomic E-state index is -0.0545. The number of morpholine rings is 1. The summed E-state index contributed by atoms with van der Waals surface area (Å²) in [5, 5.41) is 7.98. The molecule has 0 aliphatic carbocycles. The molecule has 0 bridgehead atoms. The van der Waals surface area contributed by atoms with E-state index in [-0.39, 0.29) is 12.0 Å². The van der Waals surface area contributed by atoms with Crippen molar-refractivity contribution in [2.75, 3.05) is 26.2 Å². The van der Waals surface area contributed by atoms with Crippen molar-refractivity contribution < 1.29 is 9.53 Å². The molecule has 1 fully saturated rings. The molecule has 1 amide bonds. The maximum atomic E-state index is 12.5. The second-order valence-electron chi connectivity index (χ2n) is 6.58. The van der Waals surface area contributed by atoms with Gasteiger partial charge in [-0.25, -0.2) is 0 Å². The smallest absolute Gasteiger partial charge is 0.276 e. The predicted molar refractivity (Wildman–Crippen MR) is 88.0 cm³/mol. The Hall–Kier alpha value is -1.47. The average molecular weight is 323 g/mol. The van der Waals surface area contributed by atoms with Crippen LogP contribution in [0, 0.1) is 5.92 Å². The van der Waals surface area contributed by atoms with Gasteiger partial charge < -0.3 is 15.4 Å². The highest BCUT2D eigenvalue weighted by Crippen LogP contribution is 2.16. The number of amides is 1. The van der Waals surface area contributed by atoms with E-state index in [1.54, 1.807) is 10.9 Å². The van der Waals surface area contributed by atoms with Crippen LogP contribution in [-0.2, 0) is 11.3 Å². The second-order valence-corrected chi connectivity index (χ2v) is 6.58. The molecule has 2 heterocycles. The summed E-state index contributed by atoms with van der Waals surface area (Å²) in [6.45, 7) is 7.61. The summed E-state index contributed by atoms with van der Waals surface area (Å²) in [4.78, 5) is 14.4. The van der Waals surface area contributed by atoms with E-state index in [0.717, 1.165) is 19.3 Å². The number of ether oxygens (including phenoxy) is 1. The number of nitrogens with two attached hydrogens (primary N) is 1. The van der Waals surface area contributed by atoms with E-state index in [2.05, 4.69) is 24.2 Å². The Morgan fingerprint density at radius 1 is 1.48 bits per heavy atom. The van der Waals surface area contributed by atoms with Gasteiger partial charge in [0.1, 0.15) is 0 Å². The minimum absolute atomic E-state index is 0.0545. The third-order valence-electron chi connectivity index (χ3n) is 4.08. The molecule has 0 saturated carbocycles. The van der Waals surface area contributed by atoms with Crippen LogP contribution in [0.25, 0.3) is 0 Å². The number of carbonyl (C=O) groups excluding carboxylic acids is 1. The Balaban J connectivity index is 1.84. The third-order valence-corrected chi connectivity index (χ3v) is 4.08. The largest absolute Gasteiger partial charge is 0.375 e. The van der Waals surface area contributed by atoms with Crippen LogP contribution in [-0.4, -0.2) is 58.1 Å². The third kappa shape index (κ3) is 5.58. The SMILES string of the molecule is CC(C)CCC[C@@H]1CN(C(=O)c2cn(CCCN)nn2)CCO1. The molecule has 0 spiro atoms. The van der Waals surface area contributed by atoms with Crippen LogP contribution >= 0.6 is 0 Å². The van der Waals surface area contributed by atoms with Gasteiger partial charge in [0.25, 0.3) is 5.91 Å². The first-order valence-electron chi connectivity index (χ1n) is 8.61. The van der Waals surface area contributed by atoms with Gasteiger partial charge in [0.05, 0.1) is 18.9 Å². The first-order chi connectivity index (χ1) is 11.1. The number of carbonyl (C=O) groups is 1. The first-order valence-corrected chi connectivity index (χ1v) is 8.61. The lowest BCUT2D eigenvalue weighted by atomic mass is 10.0. The van der Waals surface area contributed by atoms with Crippen LogP contribution in [0.4, 0.5) is 0 Å². The molecule has 7 nitrogen and oxygen atoms in total. The molecule has 130 valence electrons. The highest BCUT2D eigenvalue weighted by atomic mass is 16.5. The van der Waals surface area contributed by atoms with E-state index in [0.29, 0.717) is 44.4 Å². The molecule has 0 aromatic carbocycles. The van der Waals surface area contributed by atoms with Gasteiger partial charge in [-0.2, -0.15) is 0 Å². The van der Waals surface area contributed by atoms with Gasteiger partial charge in [-0.3, -0.25) is 9.48 Å². The van der Waals surface area contributed by atoms with E-state index in [1.165, 1.54) is 6.42 Å². The van der Waals surface area contributed by atoms with Crippen LogP contribution < -0.4 is 5.73 Å². The first kappa shape index (κ1) is 17.9. The van der Waals surface area contributed by atoms with Crippen molar-refractivity contribution >= 4 is 5.91 Å². The van der Waals surface area contributed by atoms with Gasteiger partial charge in [-0.15, -0.1) is 5.10 Å². The van der Waals surface area contributed by atoms with Crippen LogP contribution in [0.3, 0.4) is 0 Å². The molecule has 1 saturated heterocycles. The van der Waals surface area contributed by atoms with Crippen molar-refractivity contribution in [1.29, 1.82) is 0 Å². The molecule has 23 heavy (non-hydrogen) atoms. The zero-order valence-electron chi connectivity index (χ0n) is 14.3. The number of aryl methyl sites for hydroxylation is 1. The summed E-state index contributed by atoms with van der Waals surface area (Å²) < 4.78 is 7.47. The standard InChI is InChI=1S/C16H29N5O2/c1-13(2)5-3-6-14-11-20(9-10-23-14)16(22)15-12-21(19-18-15)8-4-7-17/h12-14H,3-11,17H2,1-2H3/t14-/m1/s1. The summed E-state index contributed by atoms with van der Waals surface area (Å²) in [6, 6.07) is 0. The Labute approximate surface area is 138 Å². The van der Waals surface area contributed by atoms with Gasteiger partial charge in [0.15, 0.2) is 5.69 Å². The van der Waals surface area contributed by atoms with E-state index in [1.807, 2.05) is 4.90 Å². The normalized spacial score (nSPS) is 18.6. The molecular weight excluding hydrogens is 294 g/mol. The summed E-state index contributed by atoms with van der Waals surface area (Å²) in [5.74, 6) is 0.654. The van der Waals surface area contributed by atoms with E-state index >= 15 is 0 Å². The zero-order valence-corrected chi connectivity index (χ0v) is 14.3. The van der Waals surface area contributed by atoms with Gasteiger partial charge in [0, 0.05) is 19.6 Å². The Morgan fingerprint density at radius 2 is 2.30 bits per heavy atom. The van der Waals surface area contributed by atoms with Crippen molar-refractivity contribution in [2.24, 2.45) is 11.7 Å². The molecule has 2 N–H and O–H groups in total. The summed E-state index contributed by atoms with van der Waals surface area (Å²) in [7, 11) is 0. The van der Waals surface area contributed by atoms with Crippen molar-refractivity contribution in [3.63, 3.8) is 0 Å². The lowest BCUT2D eigenvalue weighted by Crippen LogP contribution is -2.45. The molecule has 1 aliphatic rings. The summed E-state index contributed by atoms with van der Waals surface area (Å²) >= 11 is 0. The molecule has 0 radical (unpaired) electrons. The molecule has 0 unspecified atom stereocenters. The number of rotatable bonds is 8. The fourth-order valence-electron chi connectivity index (χ4n) is 2.75. The van der Waals surface area contributed by atoms with E-state index in [9.17, 15) is 4.79 Å². The van der Waals surface area contributed by atoms with Crippen molar-refractivity contribution in [1.82, 2.24) is 19.9 Å². The van der Waals surface area contributed by atoms with Crippen molar-refractivity contribution in [3.05, 3.63) is 11.9 Å². The van der Waals surface area contributed by atoms with Crippen LogP contribution in [0.1, 0.15) is 50.0 Å². The number of nitrogens with zero attached hydrogens (tertiary/aromatic N) is 4. The Bertz CT molecular complexity index is 489. The molecule has 7 heteroatoms. The number of aromatic nitrogens is 3. The van der Waals surface area contributed by atoms with E-state index < -0.39 is 0 Å². The van der Waals surface area contributed by atoms with Gasteiger partial charge in [-0.1, -0.05) is 31.9 Å². The topological polar surface area (TPSA) is 86.3 Å². The van der Waals surface area contributed by atoms with Crippen molar-refractivity contribution in [2.45, 2.75) is 52.2 Å². The second kappa shape index (κ2) is 8.98. The average Bonchev–Trinajstić information content (AvgIpc) is 3.01. The lowest BCUT2D eigenvalue weighted by molar-refractivity contribution is -0.0262. The fourth-order valence-corrected chi connectivity index (χ4v) is 2.75. The number of hydrogen-bond acceptors (Lipinski definition) is 5. The number of hydrogen-bond donors (Lipinski definition) is 1. The molecular formula is C16H29N5O2. The highest BCUT2D eigenvalue weighted by molar-refractivity contribution is 5.92. The monoisotopic (exact) mass is 323 g/mol. The summed E-state index contributed by atoms with van der Waals surface area (Å²) in [5.41, 5.74) is 5.89. The minimum Gasteiger partial charge on any atom is -0.375 e.